The monoisotopic (exact) mass is 525 g/mol. The first-order valence-corrected chi connectivity index (χ1v) is 13.5. The number of halogens is 1. The van der Waals surface area contributed by atoms with Crippen molar-refractivity contribution in [1.82, 2.24) is 34.7 Å². The van der Waals surface area contributed by atoms with Gasteiger partial charge in [-0.25, -0.2) is 4.98 Å². The first-order chi connectivity index (χ1) is 17.4. The van der Waals surface area contributed by atoms with E-state index in [4.69, 9.17) is 16.1 Å². The Hall–Kier alpha value is -3.30. The van der Waals surface area contributed by atoms with Crippen LogP contribution in [-0.4, -0.2) is 46.7 Å². The number of benzene rings is 2. The first kappa shape index (κ1) is 24.4. The third-order valence-electron chi connectivity index (χ3n) is 6.15. The van der Waals surface area contributed by atoms with E-state index in [1.807, 2.05) is 54.7 Å². The zero-order valence-corrected chi connectivity index (χ0v) is 21.4. The highest BCUT2D eigenvalue weighted by atomic mass is 35.5. The van der Waals surface area contributed by atoms with Gasteiger partial charge in [-0.3, -0.25) is 4.57 Å². The normalized spacial score (nSPS) is 13.3. The summed E-state index contributed by atoms with van der Waals surface area (Å²) >= 11 is 6.36. The number of nitrogens with one attached hydrogen (secondary N) is 1. The predicted molar refractivity (Wildman–Crippen MR) is 138 cm³/mol. The highest BCUT2D eigenvalue weighted by Crippen LogP contribution is 2.42. The highest BCUT2D eigenvalue weighted by molar-refractivity contribution is 7.61. The molecule has 0 aliphatic heterocycles. The Morgan fingerprint density at radius 3 is 2.75 bits per heavy atom. The van der Waals surface area contributed by atoms with Crippen LogP contribution in [0.15, 0.2) is 54.7 Å². The Labute approximate surface area is 212 Å². The molecule has 2 N–H and O–H groups in total. The molecular weight excluding hydrogens is 501 g/mol. The Morgan fingerprint density at radius 2 is 2.00 bits per heavy atom. The number of aromatic nitrogens is 7. The fraction of sp³-hybridized carbons (Fsp3) is 0.250. The predicted octanol–water partition coefficient (Wildman–Crippen LogP) is 4.51. The maximum atomic E-state index is 12.9. The summed E-state index contributed by atoms with van der Waals surface area (Å²) in [6, 6.07) is 15.8. The number of imidazole rings is 1. The third kappa shape index (κ3) is 4.37. The summed E-state index contributed by atoms with van der Waals surface area (Å²) in [6.07, 6.45) is 4.45. The van der Waals surface area contributed by atoms with Crippen LogP contribution in [0.3, 0.4) is 0 Å². The van der Waals surface area contributed by atoms with Gasteiger partial charge in [0.1, 0.15) is 5.82 Å². The van der Waals surface area contributed by atoms with E-state index in [0.717, 1.165) is 40.6 Å². The molecule has 5 rings (SSSR count). The van der Waals surface area contributed by atoms with Crippen LogP contribution in [0.25, 0.3) is 28.0 Å². The van der Waals surface area contributed by atoms with E-state index in [1.165, 1.54) is 7.11 Å². The molecule has 186 valence electrons. The van der Waals surface area contributed by atoms with Gasteiger partial charge in [-0.15, -0.1) is 10.2 Å². The van der Waals surface area contributed by atoms with E-state index in [1.54, 1.807) is 4.57 Å². The van der Waals surface area contributed by atoms with E-state index >= 15 is 0 Å². The van der Waals surface area contributed by atoms with Crippen LogP contribution >= 0.6 is 19.2 Å². The van der Waals surface area contributed by atoms with Gasteiger partial charge in [0, 0.05) is 30.7 Å². The molecule has 0 aliphatic carbocycles. The van der Waals surface area contributed by atoms with Gasteiger partial charge < -0.3 is 18.6 Å². The molecule has 5 aromatic rings. The van der Waals surface area contributed by atoms with Gasteiger partial charge in [-0.1, -0.05) is 49.2 Å². The van der Waals surface area contributed by atoms with Crippen LogP contribution < -0.4 is 5.44 Å². The molecular formula is C24H25ClN7O3P. The topological polar surface area (TPSA) is 124 Å². The molecule has 2 aromatic carbocycles. The van der Waals surface area contributed by atoms with E-state index in [2.05, 4.69) is 37.1 Å². The van der Waals surface area contributed by atoms with Crippen LogP contribution in [0.2, 0.25) is 5.15 Å². The molecule has 0 fully saturated rings. The van der Waals surface area contributed by atoms with Crippen LogP contribution in [0.1, 0.15) is 31.2 Å². The number of fused-ring (bicyclic) bond motifs is 1. The molecule has 1 unspecified atom stereocenters. The number of tetrazole rings is 1. The van der Waals surface area contributed by atoms with E-state index in [9.17, 15) is 9.46 Å². The summed E-state index contributed by atoms with van der Waals surface area (Å²) in [6.45, 7) is 2.40. The fourth-order valence-electron chi connectivity index (χ4n) is 4.40. The molecule has 1 atom stereocenters. The average molecular weight is 526 g/mol. The molecule has 0 spiro atoms. The van der Waals surface area contributed by atoms with Gasteiger partial charge in [0.05, 0.1) is 17.7 Å². The Kier molecular flexibility index (Phi) is 6.77. The molecule has 3 heterocycles. The Balaban J connectivity index is 1.62. The molecule has 10 nitrogen and oxygen atoms in total. The molecule has 0 amide bonds. The number of para-hydroxylation sites is 1. The van der Waals surface area contributed by atoms with Crippen molar-refractivity contribution in [3.63, 3.8) is 0 Å². The maximum absolute atomic E-state index is 12.9. The third-order valence-corrected chi connectivity index (χ3v) is 8.03. The lowest BCUT2D eigenvalue weighted by Crippen LogP contribution is -2.21. The number of hydrogen-bond acceptors (Lipinski definition) is 6. The summed E-state index contributed by atoms with van der Waals surface area (Å²) in [7, 11) is -2.95. The Morgan fingerprint density at radius 1 is 1.17 bits per heavy atom. The van der Waals surface area contributed by atoms with Crippen molar-refractivity contribution in [3.05, 3.63) is 71.3 Å². The smallest absolute Gasteiger partial charge is 0.320 e. The zero-order valence-electron chi connectivity index (χ0n) is 19.8. The molecule has 36 heavy (non-hydrogen) atoms. The average Bonchev–Trinajstić information content (AvgIpc) is 3.62. The second-order valence-corrected chi connectivity index (χ2v) is 10.5. The van der Waals surface area contributed by atoms with Gasteiger partial charge in [-0.05, 0) is 41.5 Å². The summed E-state index contributed by atoms with van der Waals surface area (Å²) in [5.41, 5.74) is 3.66. The van der Waals surface area contributed by atoms with Crippen LogP contribution in [0.4, 0.5) is 0 Å². The minimum atomic E-state index is -4.15. The quantitative estimate of drug-likeness (QED) is 0.271. The number of H-pyrrole nitrogens is 1. The van der Waals surface area contributed by atoms with Gasteiger partial charge in [-0.2, -0.15) is 5.21 Å². The van der Waals surface area contributed by atoms with Gasteiger partial charge in [0.25, 0.3) is 0 Å². The number of aryl methyl sites for hydroxylation is 1. The van der Waals surface area contributed by atoms with Crippen LogP contribution in [0, 0.1) is 0 Å². The standard InChI is InChI=1S/C24H25ClN7O3P/c1-3-4-12-21-26-22(25)24(36(33,34)35-2)32(21)15-16-8-7-11-19-17(16)13-14-31(19)20-10-6-5-9-18(20)23-27-29-30-28-23/h5-11,13-14H,3-4,12,15H2,1-2H3,(H,33,34)(H,27,28,29,30). The molecule has 0 radical (unpaired) electrons. The first-order valence-electron chi connectivity index (χ1n) is 11.5. The van der Waals surface area contributed by atoms with Crippen molar-refractivity contribution >= 4 is 35.5 Å². The summed E-state index contributed by atoms with van der Waals surface area (Å²) in [5, 5.41) is 15.5. The van der Waals surface area contributed by atoms with E-state index < -0.39 is 7.60 Å². The Bertz CT molecular complexity index is 1560. The van der Waals surface area contributed by atoms with Crippen molar-refractivity contribution < 1.29 is 14.0 Å². The minimum absolute atomic E-state index is 0.00688. The van der Waals surface area contributed by atoms with Crippen LogP contribution in [0.5, 0.6) is 0 Å². The van der Waals surface area contributed by atoms with Crippen molar-refractivity contribution in [1.29, 1.82) is 0 Å². The van der Waals surface area contributed by atoms with Crippen LogP contribution in [-0.2, 0) is 22.1 Å². The van der Waals surface area contributed by atoms with Gasteiger partial charge in [0.2, 0.25) is 5.82 Å². The second-order valence-electron chi connectivity index (χ2n) is 8.32. The van der Waals surface area contributed by atoms with Crippen molar-refractivity contribution in [2.24, 2.45) is 0 Å². The molecule has 0 saturated heterocycles. The fourth-order valence-corrected chi connectivity index (χ4v) is 5.87. The van der Waals surface area contributed by atoms with E-state index in [0.29, 0.717) is 24.6 Å². The number of unbranched alkanes of at least 4 members (excludes halogenated alkanes) is 1. The number of aromatic amines is 1. The molecule has 12 heteroatoms. The highest BCUT2D eigenvalue weighted by Gasteiger charge is 2.32. The van der Waals surface area contributed by atoms with E-state index in [-0.39, 0.29) is 10.6 Å². The number of rotatable bonds is 9. The second kappa shape index (κ2) is 9.99. The molecule has 0 bridgehead atoms. The largest absolute Gasteiger partial charge is 0.378 e. The molecule has 0 aliphatic rings. The molecule has 3 aromatic heterocycles. The SMILES string of the molecule is CCCCc1nc(Cl)c(P(=O)(O)OC)n1Cc1cccc2c1ccn2-c1ccccc1-c1nn[nH]n1. The lowest BCUT2D eigenvalue weighted by Gasteiger charge is -2.16. The zero-order chi connectivity index (χ0) is 25.3. The number of hydrogen-bond donors (Lipinski definition) is 2. The van der Waals surface area contributed by atoms with Gasteiger partial charge >= 0.3 is 7.60 Å². The summed E-state index contributed by atoms with van der Waals surface area (Å²) in [4.78, 5) is 14.9. The lowest BCUT2D eigenvalue weighted by molar-refractivity contribution is 0.326. The van der Waals surface area contributed by atoms with Gasteiger partial charge in [0.15, 0.2) is 10.6 Å². The summed E-state index contributed by atoms with van der Waals surface area (Å²) < 4.78 is 21.6. The maximum Gasteiger partial charge on any atom is 0.378 e. The van der Waals surface area contributed by atoms with Crippen molar-refractivity contribution in [3.8, 4) is 17.1 Å². The number of nitrogens with zero attached hydrogens (tertiary/aromatic N) is 6. The molecule has 0 saturated carbocycles. The van der Waals surface area contributed by atoms with Crippen molar-refractivity contribution in [2.45, 2.75) is 32.7 Å². The lowest BCUT2D eigenvalue weighted by atomic mass is 10.1. The minimum Gasteiger partial charge on any atom is -0.320 e. The van der Waals surface area contributed by atoms with Crippen molar-refractivity contribution in [2.75, 3.05) is 7.11 Å². The summed E-state index contributed by atoms with van der Waals surface area (Å²) in [5.74, 6) is 1.15.